The number of hydrogen-bond acceptors (Lipinski definition) is 5. The molecule has 1 aliphatic heterocycles. The van der Waals surface area contributed by atoms with Gasteiger partial charge in [-0.1, -0.05) is 6.07 Å². The molecule has 2 rings (SSSR count). The molecule has 0 aliphatic carbocycles. The van der Waals surface area contributed by atoms with Crippen LogP contribution in [0, 0.1) is 27.7 Å². The molecule has 1 aromatic rings. The summed E-state index contributed by atoms with van der Waals surface area (Å²) in [7, 11) is -6.94. The van der Waals surface area contributed by atoms with Crippen LogP contribution in [0.3, 0.4) is 0 Å². The Kier molecular flexibility index (Phi) is 6.38. The fourth-order valence-corrected chi connectivity index (χ4v) is 6.11. The average molecular weight is 417 g/mol. The van der Waals surface area contributed by atoms with Crippen molar-refractivity contribution in [3.63, 3.8) is 0 Å². The van der Waals surface area contributed by atoms with Gasteiger partial charge in [-0.2, -0.15) is 0 Å². The quantitative estimate of drug-likeness (QED) is 0.778. The molecular formula is C18H28N2O5S2. The Balaban J connectivity index is 2.08. The van der Waals surface area contributed by atoms with E-state index in [1.165, 1.54) is 11.2 Å². The number of sulfone groups is 1. The molecule has 0 radical (unpaired) electrons. The van der Waals surface area contributed by atoms with Crippen molar-refractivity contribution in [2.75, 3.05) is 25.9 Å². The number of likely N-dealkylation sites (tertiary alicyclic amines) is 1. The summed E-state index contributed by atoms with van der Waals surface area (Å²) >= 11 is 0. The summed E-state index contributed by atoms with van der Waals surface area (Å²) in [5, 5.41) is -0.432. The molecule has 27 heavy (non-hydrogen) atoms. The lowest BCUT2D eigenvalue weighted by Crippen LogP contribution is -2.46. The SMILES string of the molecule is Cc1cc(C)c(C)c(S(=O)(=O)NCC(=O)N2CCC(S(C)(=O)=O)CC2)c1C. The molecule has 1 aromatic carbocycles. The highest BCUT2D eigenvalue weighted by molar-refractivity contribution is 7.91. The molecule has 0 spiro atoms. The van der Waals surface area contributed by atoms with Crippen molar-refractivity contribution in [1.82, 2.24) is 9.62 Å². The maximum absolute atomic E-state index is 12.8. The third kappa shape index (κ3) is 4.89. The third-order valence-corrected chi connectivity index (χ3v) is 8.74. The van der Waals surface area contributed by atoms with E-state index < -0.39 is 25.1 Å². The summed E-state index contributed by atoms with van der Waals surface area (Å²) < 4.78 is 51.2. The fourth-order valence-electron chi connectivity index (χ4n) is 3.46. The van der Waals surface area contributed by atoms with Crippen molar-refractivity contribution in [1.29, 1.82) is 0 Å². The fraction of sp³-hybridized carbons (Fsp3) is 0.611. The summed E-state index contributed by atoms with van der Waals surface area (Å²) in [4.78, 5) is 14.1. The molecule has 0 atom stereocenters. The highest BCUT2D eigenvalue weighted by Crippen LogP contribution is 2.26. The second-order valence-electron chi connectivity index (χ2n) is 7.32. The molecule has 1 heterocycles. The van der Waals surface area contributed by atoms with Gasteiger partial charge >= 0.3 is 0 Å². The van der Waals surface area contributed by atoms with E-state index in [2.05, 4.69) is 4.72 Å². The number of nitrogens with one attached hydrogen (secondary N) is 1. The number of piperidine rings is 1. The minimum Gasteiger partial charge on any atom is -0.341 e. The lowest BCUT2D eigenvalue weighted by atomic mass is 10.0. The van der Waals surface area contributed by atoms with Crippen LogP contribution in [-0.2, 0) is 24.7 Å². The summed E-state index contributed by atoms with van der Waals surface area (Å²) in [6.07, 6.45) is 1.97. The summed E-state index contributed by atoms with van der Waals surface area (Å²) in [6, 6.07) is 1.95. The molecule has 1 amide bonds. The van der Waals surface area contributed by atoms with Crippen molar-refractivity contribution < 1.29 is 21.6 Å². The number of sulfonamides is 1. The van der Waals surface area contributed by atoms with Gasteiger partial charge in [-0.05, 0) is 62.8 Å². The van der Waals surface area contributed by atoms with E-state index in [4.69, 9.17) is 0 Å². The van der Waals surface area contributed by atoms with Gasteiger partial charge in [0, 0.05) is 19.3 Å². The van der Waals surface area contributed by atoms with Gasteiger partial charge in [0.25, 0.3) is 0 Å². The van der Waals surface area contributed by atoms with Gasteiger partial charge in [0.1, 0.15) is 9.84 Å². The summed E-state index contributed by atoms with van der Waals surface area (Å²) in [6.45, 7) is 7.54. The van der Waals surface area contributed by atoms with Crippen LogP contribution in [0.25, 0.3) is 0 Å². The molecule has 9 heteroatoms. The highest BCUT2D eigenvalue weighted by atomic mass is 32.2. The van der Waals surface area contributed by atoms with E-state index in [9.17, 15) is 21.6 Å². The number of nitrogens with zero attached hydrogens (tertiary/aromatic N) is 1. The Morgan fingerprint density at radius 3 is 1.96 bits per heavy atom. The van der Waals surface area contributed by atoms with Gasteiger partial charge in [-0.25, -0.2) is 21.6 Å². The van der Waals surface area contributed by atoms with Gasteiger partial charge < -0.3 is 4.90 Å². The van der Waals surface area contributed by atoms with E-state index >= 15 is 0 Å². The van der Waals surface area contributed by atoms with Gasteiger partial charge in [0.15, 0.2) is 0 Å². The zero-order valence-corrected chi connectivity index (χ0v) is 18.1. The molecule has 0 bridgehead atoms. The number of carbonyl (C=O) groups excluding carboxylic acids is 1. The second-order valence-corrected chi connectivity index (χ2v) is 11.4. The lowest BCUT2D eigenvalue weighted by molar-refractivity contribution is -0.130. The van der Waals surface area contributed by atoms with Crippen LogP contribution in [0.4, 0.5) is 0 Å². The van der Waals surface area contributed by atoms with Crippen molar-refractivity contribution in [2.24, 2.45) is 0 Å². The number of aryl methyl sites for hydroxylation is 2. The molecule has 152 valence electrons. The van der Waals surface area contributed by atoms with Crippen molar-refractivity contribution in [2.45, 2.75) is 50.7 Å². The third-order valence-electron chi connectivity index (χ3n) is 5.38. The zero-order chi connectivity index (χ0) is 20.6. The van der Waals surface area contributed by atoms with E-state index in [0.717, 1.165) is 11.1 Å². The number of amides is 1. The van der Waals surface area contributed by atoms with Gasteiger partial charge in [0.05, 0.1) is 16.7 Å². The molecule has 0 aromatic heterocycles. The number of carbonyl (C=O) groups is 1. The van der Waals surface area contributed by atoms with Crippen LogP contribution in [0.5, 0.6) is 0 Å². The largest absolute Gasteiger partial charge is 0.341 e. The van der Waals surface area contributed by atoms with Crippen LogP contribution in [-0.4, -0.2) is 58.8 Å². The maximum atomic E-state index is 12.8. The van der Waals surface area contributed by atoms with Crippen LogP contribution >= 0.6 is 0 Å². The van der Waals surface area contributed by atoms with E-state index in [0.29, 0.717) is 37.1 Å². The average Bonchev–Trinajstić information content (AvgIpc) is 2.57. The van der Waals surface area contributed by atoms with Crippen molar-refractivity contribution in [3.05, 3.63) is 28.3 Å². The maximum Gasteiger partial charge on any atom is 0.241 e. The lowest BCUT2D eigenvalue weighted by Gasteiger charge is -2.31. The van der Waals surface area contributed by atoms with Crippen LogP contribution in [0.15, 0.2) is 11.0 Å². The topological polar surface area (TPSA) is 101 Å². The predicted octanol–water partition coefficient (Wildman–Crippen LogP) is 1.23. The normalized spacial score (nSPS) is 16.6. The van der Waals surface area contributed by atoms with Crippen molar-refractivity contribution in [3.8, 4) is 0 Å². The molecule has 1 aliphatic rings. The summed E-state index contributed by atoms with van der Waals surface area (Å²) in [5.74, 6) is -0.342. The molecule has 1 fully saturated rings. The van der Waals surface area contributed by atoms with E-state index in [-0.39, 0.29) is 17.3 Å². The minimum absolute atomic E-state index is 0.226. The first-order valence-corrected chi connectivity index (χ1v) is 12.3. The Morgan fingerprint density at radius 1 is 1.04 bits per heavy atom. The number of benzene rings is 1. The van der Waals surface area contributed by atoms with Crippen LogP contribution in [0.1, 0.15) is 35.1 Å². The smallest absolute Gasteiger partial charge is 0.241 e. The second kappa shape index (κ2) is 7.89. The Morgan fingerprint density at radius 2 is 1.52 bits per heavy atom. The Bertz CT molecular complexity index is 918. The zero-order valence-electron chi connectivity index (χ0n) is 16.5. The molecule has 1 saturated heterocycles. The first-order chi connectivity index (χ1) is 12.3. The molecule has 1 N–H and O–H groups in total. The molecule has 0 unspecified atom stereocenters. The standard InChI is InChI=1S/C18H28N2O5S2/c1-12-10-13(2)15(4)18(14(12)3)27(24,25)19-11-17(21)20-8-6-16(7-9-20)26(5,22)23/h10,16,19H,6-9,11H2,1-5H3. The summed E-state index contributed by atoms with van der Waals surface area (Å²) in [5.41, 5.74) is 3.11. The van der Waals surface area contributed by atoms with Gasteiger partial charge in [-0.3, -0.25) is 4.79 Å². The monoisotopic (exact) mass is 416 g/mol. The highest BCUT2D eigenvalue weighted by Gasteiger charge is 2.29. The first-order valence-electron chi connectivity index (χ1n) is 8.88. The number of hydrogen-bond donors (Lipinski definition) is 1. The Hall–Kier alpha value is -1.45. The van der Waals surface area contributed by atoms with E-state index in [1.807, 2.05) is 19.9 Å². The van der Waals surface area contributed by atoms with Crippen LogP contribution in [0.2, 0.25) is 0 Å². The molecule has 0 saturated carbocycles. The minimum atomic E-state index is -3.83. The number of rotatable bonds is 5. The Labute approximate surface area is 162 Å². The molecule has 7 nitrogen and oxygen atoms in total. The van der Waals surface area contributed by atoms with E-state index in [1.54, 1.807) is 13.8 Å². The van der Waals surface area contributed by atoms with Crippen molar-refractivity contribution >= 4 is 25.8 Å². The molecular weight excluding hydrogens is 388 g/mol. The van der Waals surface area contributed by atoms with Gasteiger partial charge in [0.2, 0.25) is 15.9 Å². The van der Waals surface area contributed by atoms with Crippen LogP contribution < -0.4 is 4.72 Å². The van der Waals surface area contributed by atoms with Gasteiger partial charge in [-0.15, -0.1) is 0 Å². The predicted molar refractivity (Wildman–Crippen MR) is 105 cm³/mol. The first kappa shape index (κ1) is 21.8.